The Morgan fingerprint density at radius 3 is 2.56 bits per heavy atom. The Bertz CT molecular complexity index is 303. The van der Waals surface area contributed by atoms with Crippen LogP contribution in [0, 0.1) is 11.8 Å². The lowest BCUT2D eigenvalue weighted by Gasteiger charge is -2.37. The number of carboxylic acid groups (broad SMARTS) is 1. The summed E-state index contributed by atoms with van der Waals surface area (Å²) in [4.78, 5) is 25.0. The van der Waals surface area contributed by atoms with E-state index in [2.05, 4.69) is 13.8 Å². The Hall–Kier alpha value is -1.06. The van der Waals surface area contributed by atoms with Gasteiger partial charge in [-0.2, -0.15) is 0 Å². The second-order valence-corrected chi connectivity index (χ2v) is 5.46. The van der Waals surface area contributed by atoms with Gasteiger partial charge in [-0.1, -0.05) is 33.6 Å². The average Bonchev–Trinajstić information content (AvgIpc) is 2.37. The number of aliphatic carboxylic acids is 1. The van der Waals surface area contributed by atoms with Crippen molar-refractivity contribution < 1.29 is 14.7 Å². The van der Waals surface area contributed by atoms with Gasteiger partial charge in [-0.15, -0.1) is 0 Å². The van der Waals surface area contributed by atoms with Gasteiger partial charge in [-0.25, -0.2) is 4.79 Å². The standard InChI is InChI=1S/C14H25NO3/c1-4-10(3)8-13(16)15-7-6-11(5-2)9-12(15)14(17)18/h10-12H,4-9H2,1-3H3,(H,17,18). The molecule has 1 aliphatic heterocycles. The van der Waals surface area contributed by atoms with E-state index in [1.165, 1.54) is 0 Å². The van der Waals surface area contributed by atoms with E-state index in [9.17, 15) is 14.7 Å². The maximum Gasteiger partial charge on any atom is 0.326 e. The molecule has 1 rings (SSSR count). The van der Waals surface area contributed by atoms with Crippen molar-refractivity contribution in [3.63, 3.8) is 0 Å². The summed E-state index contributed by atoms with van der Waals surface area (Å²) in [5, 5.41) is 9.27. The van der Waals surface area contributed by atoms with Gasteiger partial charge in [0, 0.05) is 13.0 Å². The molecule has 3 unspecified atom stereocenters. The van der Waals surface area contributed by atoms with Crippen LogP contribution >= 0.6 is 0 Å². The molecule has 0 radical (unpaired) electrons. The molecule has 0 saturated carbocycles. The van der Waals surface area contributed by atoms with Gasteiger partial charge in [0.15, 0.2) is 0 Å². The van der Waals surface area contributed by atoms with Crippen LogP contribution in [0.5, 0.6) is 0 Å². The Kier molecular flexibility index (Phi) is 5.63. The molecule has 0 aromatic carbocycles. The van der Waals surface area contributed by atoms with Crippen LogP contribution in [0.2, 0.25) is 0 Å². The van der Waals surface area contributed by atoms with Crippen molar-refractivity contribution in [1.82, 2.24) is 4.90 Å². The van der Waals surface area contributed by atoms with Crippen LogP contribution < -0.4 is 0 Å². The van der Waals surface area contributed by atoms with E-state index in [4.69, 9.17) is 0 Å². The Morgan fingerprint density at radius 2 is 2.06 bits per heavy atom. The second kappa shape index (κ2) is 6.76. The zero-order chi connectivity index (χ0) is 13.7. The lowest BCUT2D eigenvalue weighted by atomic mass is 9.88. The van der Waals surface area contributed by atoms with Crippen LogP contribution in [0.4, 0.5) is 0 Å². The van der Waals surface area contributed by atoms with Crippen molar-refractivity contribution in [2.45, 2.75) is 58.9 Å². The zero-order valence-corrected chi connectivity index (χ0v) is 11.7. The van der Waals surface area contributed by atoms with Crippen LogP contribution in [-0.4, -0.2) is 34.5 Å². The van der Waals surface area contributed by atoms with Gasteiger partial charge in [0.25, 0.3) is 0 Å². The molecule has 3 atom stereocenters. The summed E-state index contributed by atoms with van der Waals surface area (Å²) in [5.41, 5.74) is 0. The minimum atomic E-state index is -0.856. The molecule has 4 heteroatoms. The number of piperidine rings is 1. The first-order valence-electron chi connectivity index (χ1n) is 7.01. The van der Waals surface area contributed by atoms with Crippen molar-refractivity contribution in [2.24, 2.45) is 11.8 Å². The summed E-state index contributed by atoms with van der Waals surface area (Å²) in [7, 11) is 0. The van der Waals surface area contributed by atoms with Crippen LogP contribution in [0.25, 0.3) is 0 Å². The fraction of sp³-hybridized carbons (Fsp3) is 0.857. The highest BCUT2D eigenvalue weighted by molar-refractivity contribution is 5.84. The Labute approximate surface area is 109 Å². The predicted octanol–water partition coefficient (Wildman–Crippen LogP) is 2.52. The number of carbonyl (C=O) groups excluding carboxylic acids is 1. The average molecular weight is 255 g/mol. The molecule has 1 heterocycles. The molecule has 0 spiro atoms. The molecule has 18 heavy (non-hydrogen) atoms. The summed E-state index contributed by atoms with van der Waals surface area (Å²) >= 11 is 0. The predicted molar refractivity (Wildman–Crippen MR) is 70.2 cm³/mol. The number of hydrogen-bond donors (Lipinski definition) is 1. The first-order chi connectivity index (χ1) is 8.49. The fourth-order valence-corrected chi connectivity index (χ4v) is 2.50. The second-order valence-electron chi connectivity index (χ2n) is 5.46. The van der Waals surface area contributed by atoms with Crippen LogP contribution in [0.15, 0.2) is 0 Å². The third-order valence-electron chi connectivity index (χ3n) is 4.11. The maximum absolute atomic E-state index is 12.1. The van der Waals surface area contributed by atoms with E-state index in [-0.39, 0.29) is 5.91 Å². The van der Waals surface area contributed by atoms with E-state index in [0.717, 1.165) is 19.3 Å². The molecular weight excluding hydrogens is 230 g/mol. The van der Waals surface area contributed by atoms with Gasteiger partial charge in [0.2, 0.25) is 5.91 Å². The third kappa shape index (κ3) is 3.72. The van der Waals surface area contributed by atoms with Crippen molar-refractivity contribution >= 4 is 11.9 Å². The van der Waals surface area contributed by atoms with Crippen molar-refractivity contribution in [3.8, 4) is 0 Å². The minimum Gasteiger partial charge on any atom is -0.480 e. The van der Waals surface area contributed by atoms with E-state index in [0.29, 0.717) is 31.2 Å². The van der Waals surface area contributed by atoms with E-state index in [1.807, 2.05) is 6.92 Å². The third-order valence-corrected chi connectivity index (χ3v) is 4.11. The zero-order valence-electron chi connectivity index (χ0n) is 11.7. The lowest BCUT2D eigenvalue weighted by molar-refractivity contribution is -0.153. The number of carboxylic acids is 1. The Balaban J connectivity index is 2.67. The largest absolute Gasteiger partial charge is 0.480 e. The molecule has 1 amide bonds. The Morgan fingerprint density at radius 1 is 1.39 bits per heavy atom. The van der Waals surface area contributed by atoms with Crippen LogP contribution in [0.1, 0.15) is 52.9 Å². The summed E-state index contributed by atoms with van der Waals surface area (Å²) in [6, 6.07) is -0.611. The highest BCUT2D eigenvalue weighted by Crippen LogP contribution is 2.26. The van der Waals surface area contributed by atoms with Gasteiger partial charge < -0.3 is 10.0 Å². The van der Waals surface area contributed by atoms with Crippen molar-refractivity contribution in [2.75, 3.05) is 6.54 Å². The minimum absolute atomic E-state index is 0.00584. The number of rotatable bonds is 5. The molecule has 0 aliphatic carbocycles. The molecule has 0 bridgehead atoms. The van der Waals surface area contributed by atoms with Gasteiger partial charge in [-0.3, -0.25) is 4.79 Å². The van der Waals surface area contributed by atoms with Gasteiger partial charge in [0.05, 0.1) is 0 Å². The van der Waals surface area contributed by atoms with Crippen LogP contribution in [0.3, 0.4) is 0 Å². The summed E-state index contributed by atoms with van der Waals surface area (Å²) in [5.74, 6) is -0.0773. The maximum atomic E-state index is 12.1. The SMILES string of the molecule is CCC(C)CC(=O)N1CCC(CC)CC1C(=O)O. The molecule has 0 aromatic heterocycles. The number of nitrogens with zero attached hydrogens (tertiary/aromatic N) is 1. The fourth-order valence-electron chi connectivity index (χ4n) is 2.50. The number of amides is 1. The molecule has 1 fully saturated rings. The first kappa shape index (κ1) is 15.0. The van der Waals surface area contributed by atoms with Gasteiger partial charge >= 0.3 is 5.97 Å². The highest BCUT2D eigenvalue weighted by atomic mass is 16.4. The summed E-state index contributed by atoms with van der Waals surface area (Å²) in [6.07, 6.45) is 3.97. The topological polar surface area (TPSA) is 57.6 Å². The van der Waals surface area contributed by atoms with E-state index < -0.39 is 12.0 Å². The quantitative estimate of drug-likeness (QED) is 0.821. The molecule has 1 saturated heterocycles. The van der Waals surface area contributed by atoms with E-state index in [1.54, 1.807) is 4.90 Å². The van der Waals surface area contributed by atoms with Gasteiger partial charge in [-0.05, 0) is 24.7 Å². The highest BCUT2D eigenvalue weighted by Gasteiger charge is 2.35. The van der Waals surface area contributed by atoms with E-state index >= 15 is 0 Å². The normalized spacial score (nSPS) is 25.8. The summed E-state index contributed by atoms with van der Waals surface area (Å²) in [6.45, 7) is 6.77. The lowest BCUT2D eigenvalue weighted by Crippen LogP contribution is -2.50. The van der Waals surface area contributed by atoms with Gasteiger partial charge in [0.1, 0.15) is 6.04 Å². The number of hydrogen-bond acceptors (Lipinski definition) is 2. The number of likely N-dealkylation sites (tertiary alicyclic amines) is 1. The molecular formula is C14H25NO3. The molecule has 1 aliphatic rings. The summed E-state index contributed by atoms with van der Waals surface area (Å²) < 4.78 is 0. The number of carbonyl (C=O) groups is 2. The van der Waals surface area contributed by atoms with Crippen molar-refractivity contribution in [1.29, 1.82) is 0 Å². The van der Waals surface area contributed by atoms with Crippen LogP contribution in [-0.2, 0) is 9.59 Å². The molecule has 4 nitrogen and oxygen atoms in total. The molecule has 104 valence electrons. The first-order valence-corrected chi connectivity index (χ1v) is 7.01. The monoisotopic (exact) mass is 255 g/mol. The smallest absolute Gasteiger partial charge is 0.326 e. The molecule has 1 N–H and O–H groups in total. The van der Waals surface area contributed by atoms with Crippen molar-refractivity contribution in [3.05, 3.63) is 0 Å². The molecule has 0 aromatic rings.